The molecule has 0 saturated carbocycles. The molecule has 0 atom stereocenters. The van der Waals surface area contributed by atoms with Gasteiger partial charge in [-0.05, 0) is 60.7 Å². The number of aromatic nitrogens is 6. The number of hydrogen-bond acceptors (Lipinski definition) is 10. The average molecular weight is 568 g/mol. The summed E-state index contributed by atoms with van der Waals surface area (Å²) in [5.74, 6) is -1.73. The molecule has 42 heavy (non-hydrogen) atoms. The van der Waals surface area contributed by atoms with Gasteiger partial charge in [0, 0.05) is 11.1 Å². The Morgan fingerprint density at radius 2 is 0.976 bits per heavy atom. The van der Waals surface area contributed by atoms with Gasteiger partial charge in [0.15, 0.2) is 0 Å². The van der Waals surface area contributed by atoms with Gasteiger partial charge in [-0.25, -0.2) is 27.5 Å². The monoisotopic (exact) mass is 568 g/mol. The molecule has 0 amide bonds. The summed E-state index contributed by atoms with van der Waals surface area (Å²) in [6.45, 7) is 0. The van der Waals surface area contributed by atoms with E-state index in [4.69, 9.17) is 19.6 Å². The van der Waals surface area contributed by atoms with Crippen LogP contribution in [0.4, 0.5) is 17.6 Å². The molecule has 0 unspecified atom stereocenters. The third-order valence-electron chi connectivity index (χ3n) is 5.31. The molecule has 10 nitrogen and oxygen atoms in total. The van der Waals surface area contributed by atoms with Gasteiger partial charge in [-0.2, -0.15) is 20.5 Å². The second-order valence-electron chi connectivity index (χ2n) is 8.25. The number of pyridine rings is 2. The fourth-order valence-electron chi connectivity index (χ4n) is 3.46. The predicted octanol–water partition coefficient (Wildman–Crippen LogP) is 5.90. The lowest BCUT2D eigenvalue weighted by Gasteiger charge is -1.96. The van der Waals surface area contributed by atoms with E-state index in [2.05, 4.69) is 30.2 Å². The molecule has 0 radical (unpaired) electrons. The van der Waals surface area contributed by atoms with Crippen LogP contribution in [0.5, 0.6) is 0 Å². The van der Waals surface area contributed by atoms with Crippen LogP contribution in [0, 0.1) is 45.9 Å². The summed E-state index contributed by atoms with van der Waals surface area (Å²) in [7, 11) is 0. The van der Waals surface area contributed by atoms with E-state index in [0.717, 1.165) is 24.5 Å². The molecular weight excluding hydrogens is 556 g/mol. The Morgan fingerprint density at radius 3 is 1.33 bits per heavy atom. The Morgan fingerprint density at radius 1 is 0.548 bits per heavy atom. The highest BCUT2D eigenvalue weighted by Gasteiger charge is 2.15. The smallest absolute Gasteiger partial charge is 0.258 e. The van der Waals surface area contributed by atoms with Crippen molar-refractivity contribution < 1.29 is 26.6 Å². The van der Waals surface area contributed by atoms with Gasteiger partial charge in [-0.1, -0.05) is 10.3 Å². The summed E-state index contributed by atoms with van der Waals surface area (Å²) in [5.41, 5.74) is 1.50. The minimum atomic E-state index is -0.580. The molecule has 4 heterocycles. The van der Waals surface area contributed by atoms with Gasteiger partial charge in [0.2, 0.25) is 11.6 Å². The molecule has 2 aromatic carbocycles. The summed E-state index contributed by atoms with van der Waals surface area (Å²) >= 11 is 0. The SMILES string of the molecule is N#Cc1cc(F)cc(-c2nc(-c3ccc(F)cn3)no2)c1.N#Cc1cc(F)cc(-c2nc(-c3ccc(F)cn3)no2)c1. The largest absolute Gasteiger partial charge is 0.334 e. The first-order valence-corrected chi connectivity index (χ1v) is 11.6. The van der Waals surface area contributed by atoms with Gasteiger partial charge >= 0.3 is 0 Å². The van der Waals surface area contributed by atoms with E-state index in [1.807, 2.05) is 12.1 Å². The van der Waals surface area contributed by atoms with E-state index < -0.39 is 23.3 Å². The lowest BCUT2D eigenvalue weighted by molar-refractivity contribution is 0.431. The summed E-state index contributed by atoms with van der Waals surface area (Å²) in [6, 6.07) is 16.3. The minimum Gasteiger partial charge on any atom is -0.334 e. The highest BCUT2D eigenvalue weighted by Crippen LogP contribution is 2.24. The zero-order valence-corrected chi connectivity index (χ0v) is 20.8. The number of hydrogen-bond donors (Lipinski definition) is 0. The van der Waals surface area contributed by atoms with E-state index in [1.54, 1.807) is 0 Å². The highest BCUT2D eigenvalue weighted by atomic mass is 19.1. The molecule has 0 fully saturated rings. The first-order chi connectivity index (χ1) is 20.3. The van der Waals surface area contributed by atoms with Gasteiger partial charge in [0.05, 0.1) is 35.7 Å². The van der Waals surface area contributed by atoms with Crippen molar-refractivity contribution in [3.63, 3.8) is 0 Å². The van der Waals surface area contributed by atoms with Gasteiger partial charge in [0.25, 0.3) is 11.8 Å². The van der Waals surface area contributed by atoms with Crippen molar-refractivity contribution in [2.75, 3.05) is 0 Å². The van der Waals surface area contributed by atoms with Crippen LogP contribution in [0.3, 0.4) is 0 Å². The summed E-state index contributed by atoms with van der Waals surface area (Å²) in [6.07, 6.45) is 2.06. The van der Waals surface area contributed by atoms with Gasteiger partial charge in [0.1, 0.15) is 34.7 Å². The van der Waals surface area contributed by atoms with Crippen LogP contribution in [-0.2, 0) is 0 Å². The predicted molar refractivity (Wildman–Crippen MR) is 135 cm³/mol. The first-order valence-electron chi connectivity index (χ1n) is 11.6. The van der Waals surface area contributed by atoms with Crippen molar-refractivity contribution in [3.8, 4) is 58.1 Å². The van der Waals surface area contributed by atoms with Crippen molar-refractivity contribution in [2.24, 2.45) is 0 Å². The Hall–Kier alpha value is -6.28. The maximum absolute atomic E-state index is 13.4. The first kappa shape index (κ1) is 27.3. The quantitative estimate of drug-likeness (QED) is 0.235. The zero-order valence-electron chi connectivity index (χ0n) is 20.8. The van der Waals surface area contributed by atoms with Crippen molar-refractivity contribution in [2.45, 2.75) is 0 Å². The summed E-state index contributed by atoms with van der Waals surface area (Å²) < 4.78 is 62.4. The van der Waals surface area contributed by atoms with Gasteiger partial charge < -0.3 is 9.05 Å². The van der Waals surface area contributed by atoms with Crippen LogP contribution in [0.15, 0.2) is 82.1 Å². The number of nitrogens with zero attached hydrogens (tertiary/aromatic N) is 8. The summed E-state index contributed by atoms with van der Waals surface area (Å²) in [5, 5.41) is 25.0. The lowest BCUT2D eigenvalue weighted by Crippen LogP contribution is -1.87. The van der Waals surface area contributed by atoms with E-state index in [-0.39, 0.29) is 45.7 Å². The molecule has 204 valence electrons. The second kappa shape index (κ2) is 11.8. The standard InChI is InChI=1S/2C14H6F2N4O/c2*15-10-1-2-12(18-7-10)13-19-14(21-20-13)9-3-8(6-17)4-11(16)5-9/h2*1-5,7H. The summed E-state index contributed by atoms with van der Waals surface area (Å²) in [4.78, 5) is 15.8. The highest BCUT2D eigenvalue weighted by molar-refractivity contribution is 5.60. The van der Waals surface area contributed by atoms with Crippen LogP contribution < -0.4 is 0 Å². The molecule has 6 rings (SSSR count). The molecule has 0 aliphatic rings. The van der Waals surface area contributed by atoms with Crippen molar-refractivity contribution in [1.82, 2.24) is 30.2 Å². The molecule has 4 aromatic heterocycles. The Bertz CT molecular complexity index is 1820. The van der Waals surface area contributed by atoms with Crippen LogP contribution >= 0.6 is 0 Å². The number of rotatable bonds is 4. The van der Waals surface area contributed by atoms with E-state index in [1.165, 1.54) is 48.5 Å². The van der Waals surface area contributed by atoms with E-state index in [9.17, 15) is 17.6 Å². The van der Waals surface area contributed by atoms with Crippen molar-refractivity contribution >= 4 is 0 Å². The molecule has 0 aliphatic heterocycles. The maximum Gasteiger partial charge on any atom is 0.258 e. The normalized spacial score (nSPS) is 10.3. The van der Waals surface area contributed by atoms with Crippen LogP contribution in [0.2, 0.25) is 0 Å². The Kier molecular flexibility index (Phi) is 7.70. The van der Waals surface area contributed by atoms with Gasteiger partial charge in [-0.3, -0.25) is 0 Å². The van der Waals surface area contributed by atoms with Crippen molar-refractivity contribution in [1.29, 1.82) is 10.5 Å². The molecule has 0 aliphatic carbocycles. The zero-order chi connectivity index (χ0) is 29.6. The molecule has 0 N–H and O–H groups in total. The topological polar surface area (TPSA) is 151 Å². The number of nitriles is 2. The molecule has 6 aromatic rings. The molecule has 0 bridgehead atoms. The Balaban J connectivity index is 0.000000168. The van der Waals surface area contributed by atoms with Crippen molar-refractivity contribution in [3.05, 3.63) is 107 Å². The van der Waals surface area contributed by atoms with E-state index in [0.29, 0.717) is 11.4 Å². The van der Waals surface area contributed by atoms with E-state index >= 15 is 0 Å². The average Bonchev–Trinajstić information content (AvgIpc) is 3.69. The molecule has 0 saturated heterocycles. The molecular formula is C28H12F4N8O2. The fourth-order valence-corrected chi connectivity index (χ4v) is 3.46. The maximum atomic E-state index is 13.4. The second-order valence-corrected chi connectivity index (χ2v) is 8.25. The molecule has 14 heteroatoms. The van der Waals surface area contributed by atoms with Gasteiger partial charge in [-0.15, -0.1) is 0 Å². The molecule has 0 spiro atoms. The third kappa shape index (κ3) is 6.30. The fraction of sp³-hybridized carbons (Fsp3) is 0. The third-order valence-corrected chi connectivity index (χ3v) is 5.31. The number of benzene rings is 2. The van der Waals surface area contributed by atoms with Crippen LogP contribution in [0.1, 0.15) is 11.1 Å². The Labute approximate surface area is 233 Å². The minimum absolute atomic E-state index is 0.0483. The van der Waals surface area contributed by atoms with Crippen LogP contribution in [0.25, 0.3) is 45.9 Å². The van der Waals surface area contributed by atoms with Crippen LogP contribution in [-0.4, -0.2) is 30.2 Å². The number of halogens is 4. The lowest BCUT2D eigenvalue weighted by atomic mass is 10.1.